The number of hydrogen-bond donors (Lipinski definition) is 1. The van der Waals surface area contributed by atoms with E-state index < -0.39 is 6.10 Å². The Hall–Kier alpha value is -3.65. The largest absolute Gasteiger partial charge is 0.387 e. The summed E-state index contributed by atoms with van der Waals surface area (Å²) in [5.74, 6) is -0.544. The van der Waals surface area contributed by atoms with Crippen LogP contribution in [0.4, 0.5) is 8.78 Å². The molecule has 0 saturated heterocycles. The van der Waals surface area contributed by atoms with Crippen molar-refractivity contribution in [1.82, 2.24) is 19.1 Å². The van der Waals surface area contributed by atoms with Gasteiger partial charge in [0.2, 0.25) is 0 Å². The fourth-order valence-corrected chi connectivity index (χ4v) is 3.65. The average Bonchev–Trinajstić information content (AvgIpc) is 3.50. The molecular weight excluding hydrogens is 438 g/mol. The molecular formula is C26H28F2N4O2. The van der Waals surface area contributed by atoms with Crippen LogP contribution in [-0.2, 0) is 0 Å². The van der Waals surface area contributed by atoms with Crippen molar-refractivity contribution in [3.63, 3.8) is 0 Å². The third kappa shape index (κ3) is 5.82. The first-order valence-electron chi connectivity index (χ1n) is 10.9. The number of carbonyl (C=O) groups is 1. The van der Waals surface area contributed by atoms with E-state index in [-0.39, 0.29) is 29.5 Å². The molecule has 3 atom stereocenters. The molecule has 0 radical (unpaired) electrons. The summed E-state index contributed by atoms with van der Waals surface area (Å²) < 4.78 is 29.3. The molecule has 1 unspecified atom stereocenters. The van der Waals surface area contributed by atoms with Gasteiger partial charge in [0.05, 0.1) is 48.9 Å². The second-order valence-electron chi connectivity index (χ2n) is 8.10. The monoisotopic (exact) mass is 466 g/mol. The number of aliphatic hydroxyl groups excluding tert-OH is 1. The van der Waals surface area contributed by atoms with Gasteiger partial charge in [-0.1, -0.05) is 24.3 Å². The number of aliphatic hydroxyl groups is 1. The lowest BCUT2D eigenvalue weighted by atomic mass is 10.1. The van der Waals surface area contributed by atoms with Gasteiger partial charge in [0.1, 0.15) is 17.3 Å². The molecule has 0 aliphatic heterocycles. The third-order valence-electron chi connectivity index (χ3n) is 5.69. The van der Waals surface area contributed by atoms with E-state index in [4.69, 9.17) is 0 Å². The second-order valence-corrected chi connectivity index (χ2v) is 8.10. The van der Waals surface area contributed by atoms with Crippen molar-refractivity contribution in [1.29, 1.82) is 0 Å². The van der Waals surface area contributed by atoms with Gasteiger partial charge in [-0.25, -0.2) is 18.7 Å². The summed E-state index contributed by atoms with van der Waals surface area (Å²) in [6.45, 7) is 7.14. The number of benzene rings is 2. The van der Waals surface area contributed by atoms with Crippen molar-refractivity contribution in [2.75, 3.05) is 0 Å². The summed E-state index contributed by atoms with van der Waals surface area (Å²) in [7, 11) is 0. The molecule has 0 saturated carbocycles. The number of nitrogens with zero attached hydrogens (tertiary/aromatic N) is 4. The SMILES string of the molecule is CC(=O)c1cncn1[C@H](C)c1ccc(F)cc1.CC(O)c1cncn1[C@H](C)c1ccc(F)cc1. The zero-order valence-corrected chi connectivity index (χ0v) is 19.6. The molecule has 178 valence electrons. The molecule has 4 rings (SSSR count). The fourth-order valence-electron chi connectivity index (χ4n) is 3.65. The topological polar surface area (TPSA) is 72.9 Å². The summed E-state index contributed by atoms with van der Waals surface area (Å²) >= 11 is 0. The number of hydrogen-bond acceptors (Lipinski definition) is 4. The molecule has 2 heterocycles. The van der Waals surface area contributed by atoms with Gasteiger partial charge in [-0.15, -0.1) is 0 Å². The number of carbonyl (C=O) groups excluding carboxylic acids is 1. The smallest absolute Gasteiger partial charge is 0.177 e. The lowest BCUT2D eigenvalue weighted by Crippen LogP contribution is -2.11. The Bertz CT molecular complexity index is 1210. The number of aromatic nitrogens is 4. The molecule has 8 heteroatoms. The van der Waals surface area contributed by atoms with Gasteiger partial charge in [-0.3, -0.25) is 4.79 Å². The van der Waals surface area contributed by atoms with E-state index in [0.29, 0.717) is 5.69 Å². The second kappa shape index (κ2) is 11.0. The summed E-state index contributed by atoms with van der Waals surface area (Å²) in [5, 5.41) is 9.61. The van der Waals surface area contributed by atoms with E-state index in [1.54, 1.807) is 60.8 Å². The van der Waals surface area contributed by atoms with E-state index in [1.807, 2.05) is 18.4 Å². The maximum absolute atomic E-state index is 12.8. The zero-order valence-electron chi connectivity index (χ0n) is 19.6. The van der Waals surface area contributed by atoms with Crippen molar-refractivity contribution >= 4 is 5.78 Å². The summed E-state index contributed by atoms with van der Waals surface area (Å²) in [4.78, 5) is 19.4. The highest BCUT2D eigenvalue weighted by molar-refractivity contribution is 5.92. The summed E-state index contributed by atoms with van der Waals surface area (Å²) in [6, 6.07) is 12.6. The van der Waals surface area contributed by atoms with E-state index in [0.717, 1.165) is 16.8 Å². The molecule has 1 N–H and O–H groups in total. The van der Waals surface area contributed by atoms with Crippen LogP contribution in [0.15, 0.2) is 73.6 Å². The molecule has 0 bridgehead atoms. The number of ketones is 1. The lowest BCUT2D eigenvalue weighted by Gasteiger charge is -2.18. The van der Waals surface area contributed by atoms with Gasteiger partial charge in [0, 0.05) is 6.92 Å². The Morgan fingerprint density at radius 3 is 1.71 bits per heavy atom. The van der Waals surface area contributed by atoms with Crippen LogP contribution in [0, 0.1) is 11.6 Å². The molecule has 2 aromatic heterocycles. The van der Waals surface area contributed by atoms with Crippen LogP contribution in [0.3, 0.4) is 0 Å². The zero-order chi connectivity index (χ0) is 24.8. The van der Waals surface area contributed by atoms with Crippen LogP contribution in [0.2, 0.25) is 0 Å². The molecule has 4 aromatic rings. The molecule has 0 aliphatic carbocycles. The van der Waals surface area contributed by atoms with Crippen LogP contribution in [0.25, 0.3) is 0 Å². The minimum atomic E-state index is -0.569. The molecule has 0 aliphatic rings. The van der Waals surface area contributed by atoms with Crippen molar-refractivity contribution in [2.24, 2.45) is 0 Å². The first-order valence-corrected chi connectivity index (χ1v) is 10.9. The van der Waals surface area contributed by atoms with E-state index in [1.165, 1.54) is 31.2 Å². The van der Waals surface area contributed by atoms with E-state index >= 15 is 0 Å². The minimum absolute atomic E-state index is 0.0164. The maximum Gasteiger partial charge on any atom is 0.177 e. The van der Waals surface area contributed by atoms with Crippen molar-refractivity contribution in [3.05, 3.63) is 108 Å². The number of Topliss-reactive ketones (excluding diaryl/α,β-unsaturated/α-hetero) is 1. The normalized spacial score (nSPS) is 13.5. The van der Waals surface area contributed by atoms with Crippen molar-refractivity contribution < 1.29 is 18.7 Å². The highest BCUT2D eigenvalue weighted by Crippen LogP contribution is 2.23. The van der Waals surface area contributed by atoms with Gasteiger partial charge >= 0.3 is 0 Å². The predicted molar refractivity (Wildman–Crippen MR) is 126 cm³/mol. The molecule has 6 nitrogen and oxygen atoms in total. The quantitative estimate of drug-likeness (QED) is 0.380. The molecule has 0 amide bonds. The van der Waals surface area contributed by atoms with Crippen molar-refractivity contribution in [3.8, 4) is 0 Å². The number of imidazole rings is 2. The number of halogens is 2. The van der Waals surface area contributed by atoms with Crippen molar-refractivity contribution in [2.45, 2.75) is 45.9 Å². The number of rotatable bonds is 6. The van der Waals surface area contributed by atoms with Crippen LogP contribution in [0.1, 0.15) is 73.2 Å². The molecule has 34 heavy (non-hydrogen) atoms. The molecule has 2 aromatic carbocycles. The van der Waals surface area contributed by atoms with Gasteiger partial charge in [-0.2, -0.15) is 0 Å². The maximum atomic E-state index is 12.8. The van der Waals surface area contributed by atoms with Gasteiger partial charge in [0.25, 0.3) is 0 Å². The fraction of sp³-hybridized carbons (Fsp3) is 0.269. The Labute approximate surface area is 197 Å². The highest BCUT2D eigenvalue weighted by atomic mass is 19.1. The lowest BCUT2D eigenvalue weighted by molar-refractivity contribution is 0.100. The van der Waals surface area contributed by atoms with Crippen LogP contribution in [0.5, 0.6) is 0 Å². The third-order valence-corrected chi connectivity index (χ3v) is 5.69. The van der Waals surface area contributed by atoms with Gasteiger partial charge < -0.3 is 14.2 Å². The van der Waals surface area contributed by atoms with Crippen LogP contribution < -0.4 is 0 Å². The van der Waals surface area contributed by atoms with Crippen LogP contribution >= 0.6 is 0 Å². The van der Waals surface area contributed by atoms with E-state index in [9.17, 15) is 18.7 Å². The van der Waals surface area contributed by atoms with Gasteiger partial charge in [-0.05, 0) is 56.2 Å². The molecule has 0 fully saturated rings. The minimum Gasteiger partial charge on any atom is -0.387 e. The Kier molecular flexibility index (Phi) is 8.07. The van der Waals surface area contributed by atoms with Gasteiger partial charge in [0.15, 0.2) is 5.78 Å². The Morgan fingerprint density at radius 2 is 1.24 bits per heavy atom. The summed E-state index contributed by atoms with van der Waals surface area (Å²) in [6.07, 6.45) is 5.91. The standard InChI is InChI=1S/C13H15FN2O.C13H13FN2O/c2*1-9(11-3-5-12(14)6-4-11)16-8-15-7-13(16)10(2)17/h3-10,17H,1-2H3;3-9H,1-2H3/t9-,10?;9-/m11/s1. The summed E-state index contributed by atoms with van der Waals surface area (Å²) in [5.41, 5.74) is 3.22. The highest BCUT2D eigenvalue weighted by Gasteiger charge is 2.15. The van der Waals surface area contributed by atoms with Crippen LogP contribution in [-0.4, -0.2) is 30.0 Å². The first-order chi connectivity index (χ1) is 16.2. The predicted octanol–water partition coefficient (Wildman–Crippen LogP) is 5.52. The average molecular weight is 467 g/mol. The Morgan fingerprint density at radius 1 is 0.794 bits per heavy atom. The molecule has 0 spiro atoms. The van der Waals surface area contributed by atoms with E-state index in [2.05, 4.69) is 9.97 Å². The first kappa shape index (κ1) is 25.0. The Balaban J connectivity index is 0.000000191.